The first-order valence-electron chi connectivity index (χ1n) is 5.21. The fourth-order valence-corrected chi connectivity index (χ4v) is 0.979. The van der Waals surface area contributed by atoms with Crippen molar-refractivity contribution in [2.45, 2.75) is 0 Å². The molecule has 8 heteroatoms. The lowest BCUT2D eigenvalue weighted by molar-refractivity contribution is 0.0685. The molecule has 0 aliphatic carbocycles. The Morgan fingerprint density at radius 1 is 0.850 bits per heavy atom. The van der Waals surface area contributed by atoms with Crippen LogP contribution in [-0.4, -0.2) is 32.1 Å². The van der Waals surface area contributed by atoms with Crippen molar-refractivity contribution >= 4 is 11.9 Å². The maximum absolute atomic E-state index is 10.2. The zero-order valence-corrected chi connectivity index (χ0v) is 10.4. The van der Waals surface area contributed by atoms with Gasteiger partial charge in [-0.25, -0.2) is 9.59 Å². The molecular formula is C12H14N4O4. The SMILES string of the molecule is NN.O=C(O)c1cccnc1.O=C(O)c1cccnc1. The summed E-state index contributed by atoms with van der Waals surface area (Å²) in [5.74, 6) is 6.12. The number of nitrogens with two attached hydrogens (primary N) is 2. The monoisotopic (exact) mass is 278 g/mol. The highest BCUT2D eigenvalue weighted by atomic mass is 16.4. The minimum Gasteiger partial charge on any atom is -0.478 e. The standard InChI is InChI=1S/2C6H5NO2.H4N2/c2*8-6(9)5-2-1-3-7-4-5;1-2/h2*1-4H,(H,8,9);1-2H2. The summed E-state index contributed by atoms with van der Waals surface area (Å²) in [6, 6.07) is 6.16. The summed E-state index contributed by atoms with van der Waals surface area (Å²) >= 11 is 0. The van der Waals surface area contributed by atoms with E-state index >= 15 is 0 Å². The number of pyridine rings is 2. The zero-order chi connectivity index (χ0) is 15.4. The third kappa shape index (κ3) is 6.79. The van der Waals surface area contributed by atoms with Crippen LogP contribution in [0.3, 0.4) is 0 Å². The van der Waals surface area contributed by atoms with E-state index in [0.29, 0.717) is 0 Å². The molecule has 0 aromatic carbocycles. The Morgan fingerprint density at radius 3 is 1.35 bits per heavy atom. The molecule has 0 saturated carbocycles. The molecule has 0 bridgehead atoms. The summed E-state index contributed by atoms with van der Waals surface area (Å²) in [5.41, 5.74) is 0.440. The van der Waals surface area contributed by atoms with E-state index in [1.807, 2.05) is 0 Å². The van der Waals surface area contributed by atoms with Crippen LogP contribution in [0, 0.1) is 0 Å². The van der Waals surface area contributed by atoms with Gasteiger partial charge < -0.3 is 10.2 Å². The third-order valence-corrected chi connectivity index (χ3v) is 1.82. The van der Waals surface area contributed by atoms with Crippen LogP contribution in [-0.2, 0) is 0 Å². The van der Waals surface area contributed by atoms with Crippen molar-refractivity contribution < 1.29 is 19.8 Å². The number of aromatic carboxylic acids is 2. The number of carboxylic acid groups (broad SMARTS) is 2. The predicted molar refractivity (Wildman–Crippen MR) is 70.8 cm³/mol. The summed E-state index contributed by atoms with van der Waals surface area (Å²) in [6.45, 7) is 0. The van der Waals surface area contributed by atoms with Crippen LogP contribution in [0.1, 0.15) is 20.7 Å². The number of hydrazine groups is 1. The molecule has 2 rings (SSSR count). The summed E-state index contributed by atoms with van der Waals surface area (Å²) in [5, 5.41) is 16.7. The predicted octanol–water partition coefficient (Wildman–Crippen LogP) is 0.378. The molecule has 20 heavy (non-hydrogen) atoms. The van der Waals surface area contributed by atoms with E-state index in [2.05, 4.69) is 21.7 Å². The molecule has 6 N–H and O–H groups in total. The number of nitrogens with zero attached hydrogens (tertiary/aromatic N) is 2. The highest BCUT2D eigenvalue weighted by Crippen LogP contribution is 1.93. The smallest absolute Gasteiger partial charge is 0.337 e. The van der Waals surface area contributed by atoms with Gasteiger partial charge in [-0.15, -0.1) is 0 Å². The van der Waals surface area contributed by atoms with Crippen molar-refractivity contribution in [3.63, 3.8) is 0 Å². The van der Waals surface area contributed by atoms with Gasteiger partial charge in [0.15, 0.2) is 0 Å². The van der Waals surface area contributed by atoms with Gasteiger partial charge in [-0.05, 0) is 24.3 Å². The minimum atomic E-state index is -0.942. The average Bonchev–Trinajstić information content (AvgIpc) is 2.51. The van der Waals surface area contributed by atoms with E-state index in [4.69, 9.17) is 10.2 Å². The van der Waals surface area contributed by atoms with E-state index < -0.39 is 11.9 Å². The first-order chi connectivity index (χ1) is 9.61. The van der Waals surface area contributed by atoms with Crippen LogP contribution in [0.25, 0.3) is 0 Å². The topological polar surface area (TPSA) is 152 Å². The fraction of sp³-hybridized carbons (Fsp3) is 0. The van der Waals surface area contributed by atoms with Crippen LogP contribution in [0.2, 0.25) is 0 Å². The van der Waals surface area contributed by atoms with Crippen LogP contribution in [0.5, 0.6) is 0 Å². The summed E-state index contributed by atoms with van der Waals surface area (Å²) in [4.78, 5) is 27.6. The number of rotatable bonds is 2. The largest absolute Gasteiger partial charge is 0.478 e. The van der Waals surface area contributed by atoms with Crippen LogP contribution >= 0.6 is 0 Å². The van der Waals surface area contributed by atoms with Gasteiger partial charge in [0.25, 0.3) is 0 Å². The molecular weight excluding hydrogens is 264 g/mol. The molecule has 0 aliphatic heterocycles. The second kappa shape index (κ2) is 10.1. The zero-order valence-electron chi connectivity index (χ0n) is 10.4. The molecule has 2 aromatic heterocycles. The second-order valence-corrected chi connectivity index (χ2v) is 3.09. The Kier molecular flexibility index (Phi) is 8.68. The lowest BCUT2D eigenvalue weighted by Gasteiger charge is -1.87. The lowest BCUT2D eigenvalue weighted by atomic mass is 10.3. The summed E-state index contributed by atoms with van der Waals surface area (Å²) < 4.78 is 0. The van der Waals surface area contributed by atoms with Gasteiger partial charge in [0.2, 0.25) is 0 Å². The van der Waals surface area contributed by atoms with E-state index in [9.17, 15) is 9.59 Å². The molecule has 8 nitrogen and oxygen atoms in total. The number of hydrogen-bond acceptors (Lipinski definition) is 6. The first-order valence-corrected chi connectivity index (χ1v) is 5.21. The Bertz CT molecular complexity index is 470. The second-order valence-electron chi connectivity index (χ2n) is 3.09. The molecule has 0 radical (unpaired) electrons. The number of hydrogen-bond donors (Lipinski definition) is 4. The molecule has 0 spiro atoms. The Hall–Kier alpha value is -2.84. The van der Waals surface area contributed by atoms with Gasteiger partial charge in [0, 0.05) is 24.8 Å². The van der Waals surface area contributed by atoms with Crippen molar-refractivity contribution in [2.24, 2.45) is 11.7 Å². The van der Waals surface area contributed by atoms with E-state index in [-0.39, 0.29) is 11.1 Å². The average molecular weight is 278 g/mol. The minimum absolute atomic E-state index is 0.220. The first kappa shape index (κ1) is 17.2. The van der Waals surface area contributed by atoms with Crippen LogP contribution < -0.4 is 11.7 Å². The Morgan fingerprint density at radius 2 is 1.20 bits per heavy atom. The molecule has 2 aromatic rings. The number of aromatic nitrogens is 2. The van der Waals surface area contributed by atoms with Crippen LogP contribution in [0.4, 0.5) is 0 Å². The lowest BCUT2D eigenvalue weighted by Crippen LogP contribution is -2.02. The number of carbonyl (C=O) groups is 2. The van der Waals surface area contributed by atoms with Crippen LogP contribution in [0.15, 0.2) is 49.1 Å². The molecule has 0 fully saturated rings. The fourth-order valence-electron chi connectivity index (χ4n) is 0.979. The quantitative estimate of drug-likeness (QED) is 0.454. The van der Waals surface area contributed by atoms with Crippen molar-refractivity contribution in [1.82, 2.24) is 9.97 Å². The van der Waals surface area contributed by atoms with Gasteiger partial charge in [-0.1, -0.05) is 0 Å². The Labute approximate surface area is 114 Å². The molecule has 0 atom stereocenters. The van der Waals surface area contributed by atoms with E-state index in [0.717, 1.165) is 0 Å². The third-order valence-electron chi connectivity index (χ3n) is 1.82. The highest BCUT2D eigenvalue weighted by Gasteiger charge is 1.98. The van der Waals surface area contributed by atoms with Gasteiger partial charge >= 0.3 is 11.9 Å². The molecule has 0 unspecified atom stereocenters. The van der Waals surface area contributed by atoms with E-state index in [1.165, 1.54) is 36.9 Å². The van der Waals surface area contributed by atoms with Crippen molar-refractivity contribution in [2.75, 3.05) is 0 Å². The molecule has 106 valence electrons. The van der Waals surface area contributed by atoms with Gasteiger partial charge in [-0.3, -0.25) is 21.7 Å². The highest BCUT2D eigenvalue weighted by molar-refractivity contribution is 5.87. The molecule has 2 heterocycles. The molecule has 0 aliphatic rings. The van der Waals surface area contributed by atoms with Gasteiger partial charge in [0.1, 0.15) is 0 Å². The maximum Gasteiger partial charge on any atom is 0.337 e. The Balaban J connectivity index is 0.000000321. The molecule has 0 saturated heterocycles. The van der Waals surface area contributed by atoms with Crippen molar-refractivity contribution in [3.05, 3.63) is 60.2 Å². The van der Waals surface area contributed by atoms with Crippen molar-refractivity contribution in [3.8, 4) is 0 Å². The maximum atomic E-state index is 10.2. The summed E-state index contributed by atoms with van der Waals surface area (Å²) in [7, 11) is 0. The van der Waals surface area contributed by atoms with E-state index in [1.54, 1.807) is 12.1 Å². The number of carboxylic acids is 2. The van der Waals surface area contributed by atoms with Gasteiger partial charge in [0.05, 0.1) is 11.1 Å². The molecule has 0 amide bonds. The normalized spacial score (nSPS) is 8.30. The summed E-state index contributed by atoms with van der Waals surface area (Å²) in [6.07, 6.45) is 5.68. The van der Waals surface area contributed by atoms with Gasteiger partial charge in [-0.2, -0.15) is 0 Å². The van der Waals surface area contributed by atoms with Crippen molar-refractivity contribution in [1.29, 1.82) is 0 Å².